The number of benzene rings is 3. The van der Waals surface area contributed by atoms with E-state index in [-0.39, 0.29) is 24.1 Å². The summed E-state index contributed by atoms with van der Waals surface area (Å²) in [6.45, 7) is 0.517. The molecule has 0 heterocycles. The van der Waals surface area contributed by atoms with Gasteiger partial charge in [0, 0.05) is 12.5 Å². The zero-order valence-corrected chi connectivity index (χ0v) is 16.3. The average Bonchev–Trinajstić information content (AvgIpc) is 3.06. The highest BCUT2D eigenvalue weighted by molar-refractivity contribution is 6.32. The quantitative estimate of drug-likeness (QED) is 0.560. The van der Waals surface area contributed by atoms with Crippen molar-refractivity contribution in [1.82, 2.24) is 5.32 Å². The molecule has 29 heavy (non-hydrogen) atoms. The molecule has 0 aliphatic heterocycles. The summed E-state index contributed by atoms with van der Waals surface area (Å²) in [5.41, 5.74) is 5.27. The fraction of sp³-hybridized carbons (Fsp3) is 0.125. The third-order valence-corrected chi connectivity index (χ3v) is 5.39. The lowest BCUT2D eigenvalue weighted by molar-refractivity contribution is 0.144. The van der Waals surface area contributed by atoms with E-state index in [1.165, 1.54) is 28.3 Å². The summed E-state index contributed by atoms with van der Waals surface area (Å²) < 4.78 is 18.9. The highest BCUT2D eigenvalue weighted by atomic mass is 35.5. The molecule has 146 valence electrons. The van der Waals surface area contributed by atoms with Crippen LogP contribution in [0, 0.1) is 5.82 Å². The Kier molecular flexibility index (Phi) is 5.63. The van der Waals surface area contributed by atoms with Crippen LogP contribution in [-0.4, -0.2) is 19.2 Å². The number of nitrogens with one attached hydrogen (secondary N) is 1. The van der Waals surface area contributed by atoms with E-state index in [9.17, 15) is 9.18 Å². The predicted octanol–water partition coefficient (Wildman–Crippen LogP) is 6.03. The molecular formula is C24H19ClFNO2. The van der Waals surface area contributed by atoms with Crippen LogP contribution in [0.5, 0.6) is 0 Å². The molecule has 0 saturated heterocycles. The van der Waals surface area contributed by atoms with Crippen molar-refractivity contribution in [3.05, 3.63) is 100 Å². The Balaban J connectivity index is 1.34. The van der Waals surface area contributed by atoms with Crippen molar-refractivity contribution in [2.75, 3.05) is 13.2 Å². The lowest BCUT2D eigenvalue weighted by Crippen LogP contribution is -2.26. The van der Waals surface area contributed by atoms with Crippen molar-refractivity contribution in [3.8, 4) is 11.1 Å². The van der Waals surface area contributed by atoms with E-state index < -0.39 is 11.9 Å². The number of amides is 1. The van der Waals surface area contributed by atoms with Crippen LogP contribution in [-0.2, 0) is 4.74 Å². The standard InChI is InChI=1S/C24H19ClFNO2/c25-23-16(7-5-13-22(23)26)8-6-14-27-24(28)29-15-21-19-11-3-1-9-17(19)18-10-2-4-12-20(18)21/h1-13,21H,14-15H2,(H,27,28). The van der Waals surface area contributed by atoms with Crippen molar-refractivity contribution in [2.24, 2.45) is 0 Å². The highest BCUT2D eigenvalue weighted by Gasteiger charge is 2.28. The van der Waals surface area contributed by atoms with E-state index in [1.54, 1.807) is 24.3 Å². The Labute approximate surface area is 173 Å². The maximum absolute atomic E-state index is 13.4. The molecule has 1 amide bonds. The second-order valence-electron chi connectivity index (χ2n) is 6.75. The summed E-state index contributed by atoms with van der Waals surface area (Å²) >= 11 is 5.90. The molecule has 0 bridgehead atoms. The largest absolute Gasteiger partial charge is 0.449 e. The molecule has 3 nitrogen and oxygen atoms in total. The van der Waals surface area contributed by atoms with Crippen LogP contribution in [0.25, 0.3) is 17.2 Å². The molecular weight excluding hydrogens is 389 g/mol. The molecule has 0 aromatic heterocycles. The van der Waals surface area contributed by atoms with E-state index in [1.807, 2.05) is 24.3 Å². The molecule has 1 N–H and O–H groups in total. The monoisotopic (exact) mass is 407 g/mol. The summed E-state index contributed by atoms with van der Waals surface area (Å²) in [6.07, 6.45) is 2.86. The lowest BCUT2D eigenvalue weighted by Gasteiger charge is -2.14. The molecule has 5 heteroatoms. The fourth-order valence-electron chi connectivity index (χ4n) is 3.63. The molecule has 0 unspecified atom stereocenters. The summed E-state index contributed by atoms with van der Waals surface area (Å²) in [4.78, 5) is 12.1. The van der Waals surface area contributed by atoms with Crippen LogP contribution in [0.3, 0.4) is 0 Å². The first-order valence-corrected chi connectivity index (χ1v) is 9.72. The molecule has 3 aromatic rings. The topological polar surface area (TPSA) is 38.3 Å². The number of alkyl carbamates (subject to hydrolysis) is 1. The second kappa shape index (κ2) is 8.50. The number of ether oxygens (including phenoxy) is 1. The van der Waals surface area contributed by atoms with Gasteiger partial charge in [-0.15, -0.1) is 0 Å². The molecule has 0 fully saturated rings. The minimum absolute atomic E-state index is 0.0230. The van der Waals surface area contributed by atoms with Gasteiger partial charge in [-0.1, -0.05) is 84.4 Å². The highest BCUT2D eigenvalue weighted by Crippen LogP contribution is 2.44. The Morgan fingerprint density at radius 2 is 1.66 bits per heavy atom. The van der Waals surface area contributed by atoms with Crippen molar-refractivity contribution < 1.29 is 13.9 Å². The Hall–Kier alpha value is -3.11. The zero-order valence-electron chi connectivity index (χ0n) is 15.6. The van der Waals surface area contributed by atoms with Crippen LogP contribution in [0.4, 0.5) is 9.18 Å². The number of hydrogen-bond donors (Lipinski definition) is 1. The van der Waals surface area contributed by atoms with E-state index in [0.717, 1.165) is 0 Å². The molecule has 3 aromatic carbocycles. The summed E-state index contributed by atoms with van der Waals surface area (Å²) in [5.74, 6) is -0.451. The normalized spacial score (nSPS) is 12.6. The molecule has 0 atom stereocenters. The van der Waals surface area contributed by atoms with Gasteiger partial charge in [0.1, 0.15) is 12.4 Å². The first-order valence-electron chi connectivity index (χ1n) is 9.34. The van der Waals surface area contributed by atoms with Crippen LogP contribution in [0.2, 0.25) is 5.02 Å². The first kappa shape index (κ1) is 19.2. The summed E-state index contributed by atoms with van der Waals surface area (Å²) in [7, 11) is 0. The molecule has 0 radical (unpaired) electrons. The van der Waals surface area contributed by atoms with E-state index in [4.69, 9.17) is 16.3 Å². The van der Waals surface area contributed by atoms with Gasteiger partial charge in [-0.25, -0.2) is 9.18 Å². The third-order valence-electron chi connectivity index (χ3n) is 4.99. The summed E-state index contributed by atoms with van der Waals surface area (Å²) in [6, 6.07) is 21.0. The molecule has 4 rings (SSSR count). The van der Waals surface area contributed by atoms with Crippen LogP contribution in [0.1, 0.15) is 22.6 Å². The van der Waals surface area contributed by atoms with Gasteiger partial charge in [-0.2, -0.15) is 0 Å². The molecule has 1 aliphatic carbocycles. The van der Waals surface area contributed by atoms with Crippen molar-refractivity contribution >= 4 is 23.8 Å². The number of carbonyl (C=O) groups is 1. The molecule has 0 spiro atoms. The lowest BCUT2D eigenvalue weighted by atomic mass is 9.98. The predicted molar refractivity (Wildman–Crippen MR) is 114 cm³/mol. The van der Waals surface area contributed by atoms with Crippen LogP contribution < -0.4 is 5.32 Å². The van der Waals surface area contributed by atoms with Crippen molar-refractivity contribution in [1.29, 1.82) is 0 Å². The maximum atomic E-state index is 13.4. The SMILES string of the molecule is O=C(NCC=Cc1cccc(F)c1Cl)OCC1c2ccccc2-c2ccccc21. The smallest absolute Gasteiger partial charge is 0.407 e. The van der Waals surface area contributed by atoms with Crippen molar-refractivity contribution in [2.45, 2.75) is 5.92 Å². The van der Waals surface area contributed by atoms with Gasteiger partial charge in [0.25, 0.3) is 0 Å². The van der Waals surface area contributed by atoms with Gasteiger partial charge in [0.05, 0.1) is 5.02 Å². The number of carbonyl (C=O) groups excluding carboxylic acids is 1. The summed E-state index contributed by atoms with van der Waals surface area (Å²) in [5, 5.41) is 2.73. The van der Waals surface area contributed by atoms with E-state index >= 15 is 0 Å². The minimum atomic E-state index is -0.498. The van der Waals surface area contributed by atoms with Gasteiger partial charge in [-0.3, -0.25) is 0 Å². The average molecular weight is 408 g/mol. The van der Waals surface area contributed by atoms with Crippen molar-refractivity contribution in [3.63, 3.8) is 0 Å². The van der Waals surface area contributed by atoms with Crippen LogP contribution in [0.15, 0.2) is 72.8 Å². The van der Waals surface area contributed by atoms with Gasteiger partial charge < -0.3 is 10.1 Å². The van der Waals surface area contributed by atoms with Gasteiger partial charge in [0.15, 0.2) is 0 Å². The van der Waals surface area contributed by atoms with Gasteiger partial charge in [-0.05, 0) is 33.9 Å². The number of rotatable bonds is 5. The Morgan fingerprint density at radius 3 is 2.34 bits per heavy atom. The first-order chi connectivity index (χ1) is 14.1. The minimum Gasteiger partial charge on any atom is -0.449 e. The number of halogens is 2. The van der Waals surface area contributed by atoms with Gasteiger partial charge in [0.2, 0.25) is 0 Å². The fourth-order valence-corrected chi connectivity index (χ4v) is 3.82. The zero-order chi connectivity index (χ0) is 20.2. The Morgan fingerprint density at radius 1 is 1.00 bits per heavy atom. The third kappa shape index (κ3) is 4.03. The van der Waals surface area contributed by atoms with Crippen LogP contribution >= 0.6 is 11.6 Å². The molecule has 1 aliphatic rings. The number of fused-ring (bicyclic) bond motifs is 3. The molecule has 0 saturated carbocycles. The maximum Gasteiger partial charge on any atom is 0.407 e. The van der Waals surface area contributed by atoms with E-state index in [0.29, 0.717) is 5.56 Å². The second-order valence-corrected chi connectivity index (χ2v) is 7.13. The Bertz CT molecular complexity index is 1030. The van der Waals surface area contributed by atoms with E-state index in [2.05, 4.69) is 29.6 Å². The number of hydrogen-bond acceptors (Lipinski definition) is 2. The van der Waals surface area contributed by atoms with Gasteiger partial charge >= 0.3 is 6.09 Å².